The maximum atomic E-state index is 11.7. The van der Waals surface area contributed by atoms with Crippen molar-refractivity contribution < 1.29 is 13.9 Å². The van der Waals surface area contributed by atoms with Crippen LogP contribution in [0.1, 0.15) is 38.3 Å². The van der Waals surface area contributed by atoms with Crippen LogP contribution in [0.25, 0.3) is 0 Å². The van der Waals surface area contributed by atoms with Gasteiger partial charge in [-0.1, -0.05) is 0 Å². The van der Waals surface area contributed by atoms with E-state index in [-0.39, 0.29) is 24.7 Å². The number of nitrogens with zero attached hydrogens (tertiary/aromatic N) is 2. The third-order valence-electron chi connectivity index (χ3n) is 3.90. The lowest BCUT2D eigenvalue weighted by Gasteiger charge is -2.31. The van der Waals surface area contributed by atoms with E-state index in [0.29, 0.717) is 12.4 Å². The van der Waals surface area contributed by atoms with E-state index in [9.17, 15) is 4.79 Å². The first-order valence-electron chi connectivity index (χ1n) is 7.48. The Bertz CT molecular complexity index is 470. The molecule has 1 amide bonds. The Hall–Kier alpha value is -1.40. The number of amides is 1. The standard InChI is InChI=1S/C15H25N3O3/c1-12-9-17-14(21-12)11-20-10-13(19)16-6-8-18-7-4-5-15(18,2)3/h9H,4-8,10-11H2,1-3H3,(H,16,19). The van der Waals surface area contributed by atoms with Gasteiger partial charge >= 0.3 is 0 Å². The van der Waals surface area contributed by atoms with Crippen molar-refractivity contribution >= 4 is 5.91 Å². The Balaban J connectivity index is 1.57. The Morgan fingerprint density at radius 1 is 1.57 bits per heavy atom. The number of carbonyl (C=O) groups is 1. The van der Waals surface area contributed by atoms with Crippen molar-refractivity contribution in [3.05, 3.63) is 17.8 Å². The highest BCUT2D eigenvalue weighted by Gasteiger charge is 2.31. The van der Waals surface area contributed by atoms with E-state index in [1.807, 2.05) is 6.92 Å². The smallest absolute Gasteiger partial charge is 0.246 e. The molecule has 0 spiro atoms. The maximum Gasteiger partial charge on any atom is 0.246 e. The van der Waals surface area contributed by atoms with Gasteiger partial charge in [-0.3, -0.25) is 9.69 Å². The van der Waals surface area contributed by atoms with Crippen LogP contribution in [-0.2, 0) is 16.1 Å². The van der Waals surface area contributed by atoms with E-state index in [0.717, 1.165) is 18.8 Å². The molecular weight excluding hydrogens is 270 g/mol. The average molecular weight is 295 g/mol. The average Bonchev–Trinajstić information content (AvgIpc) is 2.96. The van der Waals surface area contributed by atoms with Gasteiger partial charge in [0, 0.05) is 18.6 Å². The van der Waals surface area contributed by atoms with Gasteiger partial charge < -0.3 is 14.5 Å². The van der Waals surface area contributed by atoms with E-state index in [2.05, 4.69) is 29.0 Å². The highest BCUT2D eigenvalue weighted by Crippen LogP contribution is 2.27. The second-order valence-corrected chi connectivity index (χ2v) is 6.11. The molecule has 2 rings (SSSR count). The summed E-state index contributed by atoms with van der Waals surface area (Å²) in [6.07, 6.45) is 4.09. The van der Waals surface area contributed by atoms with E-state index < -0.39 is 0 Å². The van der Waals surface area contributed by atoms with Crippen LogP contribution in [0.15, 0.2) is 10.6 Å². The first-order valence-corrected chi connectivity index (χ1v) is 7.48. The van der Waals surface area contributed by atoms with Crippen LogP contribution in [0.5, 0.6) is 0 Å². The fourth-order valence-electron chi connectivity index (χ4n) is 2.66. The molecule has 0 unspecified atom stereocenters. The zero-order valence-corrected chi connectivity index (χ0v) is 13.1. The quantitative estimate of drug-likeness (QED) is 0.825. The molecule has 118 valence electrons. The molecule has 1 N–H and O–H groups in total. The number of oxazole rings is 1. The van der Waals surface area contributed by atoms with Crippen molar-refractivity contribution in [2.75, 3.05) is 26.2 Å². The summed E-state index contributed by atoms with van der Waals surface area (Å²) in [5, 5.41) is 2.88. The Kier molecular flexibility index (Phi) is 5.36. The topological polar surface area (TPSA) is 67.6 Å². The van der Waals surface area contributed by atoms with Gasteiger partial charge in [-0.2, -0.15) is 0 Å². The van der Waals surface area contributed by atoms with Crippen molar-refractivity contribution in [1.29, 1.82) is 0 Å². The van der Waals surface area contributed by atoms with Crippen LogP contribution >= 0.6 is 0 Å². The third-order valence-corrected chi connectivity index (χ3v) is 3.90. The number of ether oxygens (including phenoxy) is 1. The van der Waals surface area contributed by atoms with Crippen LogP contribution in [-0.4, -0.2) is 47.6 Å². The first-order chi connectivity index (χ1) is 9.97. The minimum Gasteiger partial charge on any atom is -0.443 e. The third kappa shape index (κ3) is 4.82. The lowest BCUT2D eigenvalue weighted by Crippen LogP contribution is -2.43. The van der Waals surface area contributed by atoms with E-state index in [1.165, 1.54) is 12.8 Å². The number of likely N-dealkylation sites (tertiary alicyclic amines) is 1. The highest BCUT2D eigenvalue weighted by molar-refractivity contribution is 5.77. The number of nitrogens with one attached hydrogen (secondary N) is 1. The Morgan fingerprint density at radius 2 is 2.38 bits per heavy atom. The fraction of sp³-hybridized carbons (Fsp3) is 0.733. The molecule has 1 aliphatic rings. The summed E-state index contributed by atoms with van der Waals surface area (Å²) in [7, 11) is 0. The summed E-state index contributed by atoms with van der Waals surface area (Å²) >= 11 is 0. The second-order valence-electron chi connectivity index (χ2n) is 6.11. The molecule has 6 nitrogen and oxygen atoms in total. The molecule has 21 heavy (non-hydrogen) atoms. The Labute approximate surface area is 125 Å². The summed E-state index contributed by atoms with van der Waals surface area (Å²) in [4.78, 5) is 18.1. The van der Waals surface area contributed by atoms with Gasteiger partial charge in [0.25, 0.3) is 0 Å². The van der Waals surface area contributed by atoms with Gasteiger partial charge in [-0.05, 0) is 40.2 Å². The number of aromatic nitrogens is 1. The molecule has 1 fully saturated rings. The predicted molar refractivity (Wildman–Crippen MR) is 78.8 cm³/mol. The maximum absolute atomic E-state index is 11.7. The predicted octanol–water partition coefficient (Wildman–Crippen LogP) is 1.49. The van der Waals surface area contributed by atoms with Crippen LogP contribution in [0.2, 0.25) is 0 Å². The fourth-order valence-corrected chi connectivity index (χ4v) is 2.66. The minimum absolute atomic E-state index is 0.0326. The van der Waals surface area contributed by atoms with Crippen molar-refractivity contribution in [1.82, 2.24) is 15.2 Å². The van der Waals surface area contributed by atoms with Gasteiger partial charge in [-0.25, -0.2) is 4.98 Å². The van der Waals surface area contributed by atoms with Crippen LogP contribution in [0, 0.1) is 6.92 Å². The zero-order chi connectivity index (χ0) is 15.3. The van der Waals surface area contributed by atoms with Gasteiger partial charge in [0.05, 0.1) is 6.20 Å². The zero-order valence-electron chi connectivity index (χ0n) is 13.1. The molecule has 1 saturated heterocycles. The summed E-state index contributed by atoms with van der Waals surface area (Å²) in [6.45, 7) is 9.24. The van der Waals surface area contributed by atoms with Crippen molar-refractivity contribution in [3.63, 3.8) is 0 Å². The highest BCUT2D eigenvalue weighted by atomic mass is 16.5. The molecule has 0 bridgehead atoms. The van der Waals surface area contributed by atoms with Gasteiger partial charge in [-0.15, -0.1) is 0 Å². The summed E-state index contributed by atoms with van der Waals surface area (Å²) in [6, 6.07) is 0. The normalized spacial score (nSPS) is 18.0. The summed E-state index contributed by atoms with van der Waals surface area (Å²) in [5.41, 5.74) is 0.254. The largest absolute Gasteiger partial charge is 0.443 e. The molecule has 0 atom stereocenters. The van der Waals surface area contributed by atoms with Crippen molar-refractivity contribution in [2.24, 2.45) is 0 Å². The first kappa shape index (κ1) is 16.0. The van der Waals surface area contributed by atoms with Crippen LogP contribution in [0.4, 0.5) is 0 Å². The molecule has 2 heterocycles. The Morgan fingerprint density at radius 3 is 3.00 bits per heavy atom. The lowest BCUT2D eigenvalue weighted by atomic mass is 10.0. The summed E-state index contributed by atoms with van der Waals surface area (Å²) < 4.78 is 10.5. The molecule has 0 radical (unpaired) electrons. The lowest BCUT2D eigenvalue weighted by molar-refractivity contribution is -0.126. The minimum atomic E-state index is -0.102. The van der Waals surface area contributed by atoms with E-state index in [1.54, 1.807) is 6.20 Å². The monoisotopic (exact) mass is 295 g/mol. The molecule has 0 aromatic carbocycles. The van der Waals surface area contributed by atoms with E-state index >= 15 is 0 Å². The van der Waals surface area contributed by atoms with E-state index in [4.69, 9.17) is 9.15 Å². The van der Waals surface area contributed by atoms with Crippen LogP contribution < -0.4 is 5.32 Å². The molecule has 1 aromatic heterocycles. The molecule has 1 aromatic rings. The second kappa shape index (κ2) is 7.04. The van der Waals surface area contributed by atoms with Gasteiger partial charge in [0.1, 0.15) is 19.0 Å². The number of carbonyl (C=O) groups excluding carboxylic acids is 1. The summed E-state index contributed by atoms with van der Waals surface area (Å²) in [5.74, 6) is 1.14. The molecule has 1 aliphatic heterocycles. The number of rotatable bonds is 7. The van der Waals surface area contributed by atoms with Crippen LogP contribution in [0.3, 0.4) is 0 Å². The molecule has 0 aliphatic carbocycles. The number of hydrogen-bond acceptors (Lipinski definition) is 5. The van der Waals surface area contributed by atoms with Crippen molar-refractivity contribution in [3.8, 4) is 0 Å². The molecule has 0 saturated carbocycles. The van der Waals surface area contributed by atoms with Crippen molar-refractivity contribution in [2.45, 2.75) is 45.8 Å². The SMILES string of the molecule is Cc1cnc(COCC(=O)NCCN2CCCC2(C)C)o1. The van der Waals surface area contributed by atoms with Gasteiger partial charge in [0.15, 0.2) is 0 Å². The molecular formula is C15H25N3O3. The molecule has 6 heteroatoms. The number of aryl methyl sites for hydroxylation is 1. The number of hydrogen-bond donors (Lipinski definition) is 1. The van der Waals surface area contributed by atoms with Gasteiger partial charge in [0.2, 0.25) is 11.8 Å².